The third-order valence-electron chi connectivity index (χ3n) is 3.05. The van der Waals surface area contributed by atoms with Crippen molar-refractivity contribution in [3.63, 3.8) is 0 Å². The molecular formula is C14H23ClN2O. The van der Waals surface area contributed by atoms with Crippen molar-refractivity contribution < 1.29 is 4.79 Å². The van der Waals surface area contributed by atoms with Crippen LogP contribution in [-0.4, -0.2) is 23.9 Å². The van der Waals surface area contributed by atoms with Crippen LogP contribution in [0.25, 0.3) is 0 Å². The first-order valence-electron chi connectivity index (χ1n) is 5.98. The van der Waals surface area contributed by atoms with Crippen molar-refractivity contribution in [2.45, 2.75) is 33.4 Å². The molecule has 1 atom stereocenters. The molecule has 0 saturated heterocycles. The van der Waals surface area contributed by atoms with Crippen molar-refractivity contribution in [2.75, 3.05) is 7.05 Å². The summed E-state index contributed by atoms with van der Waals surface area (Å²) >= 11 is 0. The van der Waals surface area contributed by atoms with E-state index >= 15 is 0 Å². The molecule has 0 radical (unpaired) electrons. The summed E-state index contributed by atoms with van der Waals surface area (Å²) in [5, 5.41) is 0. The second kappa shape index (κ2) is 7.39. The minimum atomic E-state index is -0.413. The Hall–Kier alpha value is -1.06. The van der Waals surface area contributed by atoms with Gasteiger partial charge in [-0.3, -0.25) is 4.79 Å². The summed E-state index contributed by atoms with van der Waals surface area (Å²) in [7, 11) is 1.80. The Balaban J connectivity index is 0.00000289. The molecule has 102 valence electrons. The van der Waals surface area contributed by atoms with Crippen LogP contribution in [0.3, 0.4) is 0 Å². The first-order chi connectivity index (χ1) is 7.93. The number of hydrogen-bond donors (Lipinski definition) is 1. The molecule has 18 heavy (non-hydrogen) atoms. The molecule has 0 saturated carbocycles. The number of likely N-dealkylation sites (N-methyl/N-ethyl adjacent to an activating group) is 1. The maximum atomic E-state index is 12.0. The van der Waals surface area contributed by atoms with Crippen LogP contribution in [0.1, 0.15) is 25.0 Å². The zero-order valence-electron chi connectivity index (χ0n) is 11.5. The second-order valence-electron chi connectivity index (χ2n) is 4.89. The molecule has 0 aliphatic carbocycles. The SMILES string of the molecule is Cc1ccccc1CN(C)C(=O)[C@@H](N)C(C)C.Cl. The smallest absolute Gasteiger partial charge is 0.239 e. The normalized spacial score (nSPS) is 11.9. The molecule has 0 aromatic heterocycles. The van der Waals surface area contributed by atoms with Crippen molar-refractivity contribution in [3.05, 3.63) is 35.4 Å². The summed E-state index contributed by atoms with van der Waals surface area (Å²) < 4.78 is 0. The molecule has 0 aliphatic heterocycles. The maximum Gasteiger partial charge on any atom is 0.239 e. The first kappa shape index (κ1) is 16.9. The molecule has 0 spiro atoms. The Labute approximate surface area is 116 Å². The van der Waals surface area contributed by atoms with E-state index in [1.807, 2.05) is 32.0 Å². The van der Waals surface area contributed by atoms with Crippen molar-refractivity contribution in [1.82, 2.24) is 4.90 Å². The molecular weight excluding hydrogens is 248 g/mol. The molecule has 0 unspecified atom stereocenters. The van der Waals surface area contributed by atoms with Gasteiger partial charge in [0.1, 0.15) is 0 Å². The average molecular weight is 271 g/mol. The molecule has 1 rings (SSSR count). The number of halogens is 1. The van der Waals surface area contributed by atoms with Gasteiger partial charge in [0, 0.05) is 13.6 Å². The lowest BCUT2D eigenvalue weighted by Gasteiger charge is -2.24. The van der Waals surface area contributed by atoms with Gasteiger partial charge in [-0.1, -0.05) is 38.1 Å². The molecule has 1 aromatic carbocycles. The summed E-state index contributed by atoms with van der Waals surface area (Å²) in [5.41, 5.74) is 8.23. The molecule has 0 fully saturated rings. The Morgan fingerprint density at radius 2 is 1.89 bits per heavy atom. The van der Waals surface area contributed by atoms with Crippen LogP contribution in [0.15, 0.2) is 24.3 Å². The van der Waals surface area contributed by atoms with E-state index in [2.05, 4.69) is 13.0 Å². The number of nitrogens with zero attached hydrogens (tertiary/aromatic N) is 1. The third-order valence-corrected chi connectivity index (χ3v) is 3.05. The van der Waals surface area contributed by atoms with Gasteiger partial charge in [0.2, 0.25) is 5.91 Å². The summed E-state index contributed by atoms with van der Waals surface area (Å²) in [5.74, 6) is 0.171. The topological polar surface area (TPSA) is 46.3 Å². The molecule has 1 aromatic rings. The fraction of sp³-hybridized carbons (Fsp3) is 0.500. The molecule has 0 bridgehead atoms. The Morgan fingerprint density at radius 1 is 1.33 bits per heavy atom. The van der Waals surface area contributed by atoms with E-state index in [0.29, 0.717) is 6.54 Å². The molecule has 2 N–H and O–H groups in total. The highest BCUT2D eigenvalue weighted by Gasteiger charge is 2.21. The fourth-order valence-corrected chi connectivity index (χ4v) is 1.66. The van der Waals surface area contributed by atoms with Crippen LogP contribution in [-0.2, 0) is 11.3 Å². The lowest BCUT2D eigenvalue weighted by atomic mass is 10.0. The average Bonchev–Trinajstić information content (AvgIpc) is 2.30. The van der Waals surface area contributed by atoms with Crippen LogP contribution < -0.4 is 5.73 Å². The van der Waals surface area contributed by atoms with Gasteiger partial charge in [-0.05, 0) is 24.0 Å². The highest BCUT2D eigenvalue weighted by molar-refractivity contribution is 5.85. The van der Waals surface area contributed by atoms with Gasteiger partial charge in [0.05, 0.1) is 6.04 Å². The zero-order valence-corrected chi connectivity index (χ0v) is 12.3. The summed E-state index contributed by atoms with van der Waals surface area (Å²) in [4.78, 5) is 13.7. The van der Waals surface area contributed by atoms with E-state index in [1.54, 1.807) is 11.9 Å². The van der Waals surface area contributed by atoms with E-state index < -0.39 is 6.04 Å². The third kappa shape index (κ3) is 4.31. The number of rotatable bonds is 4. The fourth-order valence-electron chi connectivity index (χ4n) is 1.66. The minimum Gasteiger partial charge on any atom is -0.340 e. The van der Waals surface area contributed by atoms with Crippen LogP contribution in [0, 0.1) is 12.8 Å². The lowest BCUT2D eigenvalue weighted by Crippen LogP contribution is -2.44. The Morgan fingerprint density at radius 3 is 2.39 bits per heavy atom. The molecule has 0 heterocycles. The van der Waals surface area contributed by atoms with Gasteiger partial charge in [0.25, 0.3) is 0 Å². The standard InChI is InChI=1S/C14H22N2O.ClH/c1-10(2)13(15)14(17)16(4)9-12-8-6-5-7-11(12)3;/h5-8,10,13H,9,15H2,1-4H3;1H/t13-;/m0./s1. The lowest BCUT2D eigenvalue weighted by molar-refractivity contribution is -0.132. The number of aryl methyl sites for hydroxylation is 1. The number of nitrogens with two attached hydrogens (primary N) is 1. The van der Waals surface area contributed by atoms with Crippen LogP contribution in [0.4, 0.5) is 0 Å². The first-order valence-corrected chi connectivity index (χ1v) is 5.98. The van der Waals surface area contributed by atoms with E-state index in [0.717, 1.165) is 0 Å². The molecule has 0 aliphatic rings. The van der Waals surface area contributed by atoms with E-state index in [1.165, 1.54) is 11.1 Å². The second-order valence-corrected chi connectivity index (χ2v) is 4.89. The van der Waals surface area contributed by atoms with Gasteiger partial charge in [-0.15, -0.1) is 12.4 Å². The van der Waals surface area contributed by atoms with Gasteiger partial charge in [-0.2, -0.15) is 0 Å². The zero-order chi connectivity index (χ0) is 13.0. The van der Waals surface area contributed by atoms with Gasteiger partial charge in [-0.25, -0.2) is 0 Å². The Kier molecular flexibility index (Phi) is 6.96. The van der Waals surface area contributed by atoms with Crippen LogP contribution >= 0.6 is 12.4 Å². The Bertz CT molecular complexity index is 393. The van der Waals surface area contributed by atoms with Gasteiger partial charge >= 0.3 is 0 Å². The van der Waals surface area contributed by atoms with Crippen LogP contribution in [0.5, 0.6) is 0 Å². The quantitative estimate of drug-likeness (QED) is 0.913. The van der Waals surface area contributed by atoms with E-state index in [4.69, 9.17) is 5.73 Å². The van der Waals surface area contributed by atoms with Gasteiger partial charge < -0.3 is 10.6 Å². The number of amides is 1. The number of hydrogen-bond acceptors (Lipinski definition) is 2. The predicted molar refractivity (Wildman–Crippen MR) is 77.7 cm³/mol. The highest BCUT2D eigenvalue weighted by atomic mass is 35.5. The highest BCUT2D eigenvalue weighted by Crippen LogP contribution is 2.11. The monoisotopic (exact) mass is 270 g/mol. The van der Waals surface area contributed by atoms with Crippen LogP contribution in [0.2, 0.25) is 0 Å². The minimum absolute atomic E-state index is 0. The molecule has 1 amide bonds. The summed E-state index contributed by atoms with van der Waals surface area (Å²) in [6.07, 6.45) is 0. The van der Waals surface area contributed by atoms with Crippen molar-refractivity contribution in [2.24, 2.45) is 11.7 Å². The molecule has 4 heteroatoms. The number of benzene rings is 1. The van der Waals surface area contributed by atoms with Crippen molar-refractivity contribution in [1.29, 1.82) is 0 Å². The number of carbonyl (C=O) groups is 1. The number of carbonyl (C=O) groups excluding carboxylic acids is 1. The summed E-state index contributed by atoms with van der Waals surface area (Å²) in [6, 6.07) is 7.67. The maximum absolute atomic E-state index is 12.0. The van der Waals surface area contributed by atoms with Crippen molar-refractivity contribution in [3.8, 4) is 0 Å². The predicted octanol–water partition coefficient (Wildman–Crippen LogP) is 2.36. The molecule has 3 nitrogen and oxygen atoms in total. The van der Waals surface area contributed by atoms with E-state index in [-0.39, 0.29) is 24.2 Å². The largest absolute Gasteiger partial charge is 0.340 e. The van der Waals surface area contributed by atoms with Crippen molar-refractivity contribution >= 4 is 18.3 Å². The van der Waals surface area contributed by atoms with Gasteiger partial charge in [0.15, 0.2) is 0 Å². The summed E-state index contributed by atoms with van der Waals surface area (Å²) in [6.45, 7) is 6.59. The van der Waals surface area contributed by atoms with E-state index in [9.17, 15) is 4.79 Å².